The van der Waals surface area contributed by atoms with Crippen molar-refractivity contribution in [2.75, 3.05) is 13.7 Å². The number of hydrogen-bond donors (Lipinski definition) is 0. The molecule has 0 aliphatic heterocycles. The molecule has 0 saturated carbocycles. The van der Waals surface area contributed by atoms with E-state index < -0.39 is 23.2 Å². The topological polar surface area (TPSA) is 61.3 Å². The molecule has 0 atom stereocenters. The molecule has 0 aliphatic carbocycles. The van der Waals surface area contributed by atoms with Crippen molar-refractivity contribution < 1.29 is 23.0 Å². The van der Waals surface area contributed by atoms with Crippen LogP contribution in [-0.2, 0) is 4.74 Å². The molecule has 1 aromatic carbocycles. The molecule has 0 unspecified atom stereocenters. The first kappa shape index (κ1) is 14.8. The van der Waals surface area contributed by atoms with Crippen LogP contribution in [0.3, 0.4) is 0 Å². The van der Waals surface area contributed by atoms with Gasteiger partial charge in [0.15, 0.2) is 11.6 Å². The van der Waals surface area contributed by atoms with E-state index in [2.05, 4.69) is 14.7 Å². The molecule has 7 heteroatoms. The Morgan fingerprint density at radius 3 is 2.67 bits per heavy atom. The number of ether oxygens (including phenoxy) is 2. The lowest BCUT2D eigenvalue weighted by molar-refractivity contribution is 0.0594. The highest BCUT2D eigenvalue weighted by Crippen LogP contribution is 2.26. The maximum Gasteiger partial charge on any atom is 0.340 e. The van der Waals surface area contributed by atoms with Crippen LogP contribution in [0.2, 0.25) is 0 Å². The summed E-state index contributed by atoms with van der Waals surface area (Å²) in [7, 11) is 1.09. The first-order chi connectivity index (χ1) is 10.1. The van der Waals surface area contributed by atoms with Crippen LogP contribution < -0.4 is 4.74 Å². The lowest BCUT2D eigenvalue weighted by Crippen LogP contribution is -2.07. The summed E-state index contributed by atoms with van der Waals surface area (Å²) >= 11 is 0. The van der Waals surface area contributed by atoms with E-state index in [1.165, 1.54) is 18.5 Å². The number of benzene rings is 1. The summed E-state index contributed by atoms with van der Waals surface area (Å²) in [6, 6.07) is 2.37. The molecule has 1 aromatic heterocycles. The molecule has 1 heterocycles. The van der Waals surface area contributed by atoms with Gasteiger partial charge in [0, 0.05) is 5.56 Å². The van der Waals surface area contributed by atoms with Gasteiger partial charge in [-0.25, -0.2) is 18.6 Å². The molecular weight excluding hydrogens is 282 g/mol. The zero-order chi connectivity index (χ0) is 15.4. The Hall–Kier alpha value is -2.57. The number of halogens is 2. The summed E-state index contributed by atoms with van der Waals surface area (Å²) in [6.45, 7) is 2.13. The Kier molecular flexibility index (Phi) is 4.42. The summed E-state index contributed by atoms with van der Waals surface area (Å²) in [5, 5.41) is 0. The molecule has 0 spiro atoms. The second kappa shape index (κ2) is 6.25. The van der Waals surface area contributed by atoms with E-state index >= 15 is 0 Å². The minimum absolute atomic E-state index is 0.105. The molecule has 21 heavy (non-hydrogen) atoms. The van der Waals surface area contributed by atoms with Gasteiger partial charge in [0.1, 0.15) is 0 Å². The van der Waals surface area contributed by atoms with Gasteiger partial charge in [-0.3, -0.25) is 4.98 Å². The maximum atomic E-state index is 14.1. The summed E-state index contributed by atoms with van der Waals surface area (Å²) < 4.78 is 37.5. The van der Waals surface area contributed by atoms with Crippen LogP contribution >= 0.6 is 0 Å². The second-order valence-corrected chi connectivity index (χ2v) is 3.96. The predicted octanol–water partition coefficient (Wildman–Crippen LogP) is 2.61. The van der Waals surface area contributed by atoms with Gasteiger partial charge in [-0.15, -0.1) is 0 Å². The van der Waals surface area contributed by atoms with E-state index in [1.54, 1.807) is 6.92 Å². The molecule has 0 amide bonds. The van der Waals surface area contributed by atoms with Crippen molar-refractivity contribution in [2.45, 2.75) is 6.92 Å². The van der Waals surface area contributed by atoms with Gasteiger partial charge in [-0.1, -0.05) is 0 Å². The molecule has 2 aromatic rings. The van der Waals surface area contributed by atoms with E-state index in [-0.39, 0.29) is 17.1 Å². The molecular formula is C14H12F2N2O3. The second-order valence-electron chi connectivity index (χ2n) is 3.96. The Morgan fingerprint density at radius 1 is 1.24 bits per heavy atom. The first-order valence-corrected chi connectivity index (χ1v) is 6.10. The Balaban J connectivity index is 2.48. The highest BCUT2D eigenvalue weighted by Gasteiger charge is 2.20. The molecule has 110 valence electrons. The van der Waals surface area contributed by atoms with Crippen molar-refractivity contribution in [1.29, 1.82) is 0 Å². The molecule has 0 bridgehead atoms. The quantitative estimate of drug-likeness (QED) is 0.811. The van der Waals surface area contributed by atoms with Gasteiger partial charge < -0.3 is 9.47 Å². The molecule has 0 fully saturated rings. The van der Waals surface area contributed by atoms with Gasteiger partial charge in [0.05, 0.1) is 37.4 Å². The monoisotopic (exact) mass is 294 g/mol. The molecule has 2 rings (SSSR count). The van der Waals surface area contributed by atoms with Crippen molar-refractivity contribution in [3.8, 4) is 17.1 Å². The average molecular weight is 294 g/mol. The third-order valence-corrected chi connectivity index (χ3v) is 2.67. The molecule has 0 aliphatic rings. The van der Waals surface area contributed by atoms with Crippen molar-refractivity contribution in [2.24, 2.45) is 0 Å². The van der Waals surface area contributed by atoms with Crippen LogP contribution in [0.25, 0.3) is 11.3 Å². The zero-order valence-corrected chi connectivity index (χ0v) is 11.4. The summed E-state index contributed by atoms with van der Waals surface area (Å²) in [4.78, 5) is 19.2. The normalized spacial score (nSPS) is 10.3. The number of esters is 1. The number of methoxy groups -OCH3 is 1. The van der Waals surface area contributed by atoms with Crippen LogP contribution in [0.15, 0.2) is 24.5 Å². The Morgan fingerprint density at radius 2 is 2.00 bits per heavy atom. The third-order valence-electron chi connectivity index (χ3n) is 2.67. The maximum absolute atomic E-state index is 14.1. The minimum Gasteiger partial charge on any atom is -0.477 e. The van der Waals surface area contributed by atoms with Gasteiger partial charge >= 0.3 is 5.97 Å². The number of carbonyl (C=O) groups excluding carboxylic acids is 1. The SMILES string of the molecule is CCOc1cncc(-c2ccc(C(=O)OC)c(F)c2F)n1. The fraction of sp³-hybridized carbons (Fsp3) is 0.214. The van der Waals surface area contributed by atoms with E-state index in [4.69, 9.17) is 4.74 Å². The van der Waals surface area contributed by atoms with Crippen molar-refractivity contribution in [3.05, 3.63) is 41.7 Å². The van der Waals surface area contributed by atoms with Crippen LogP contribution in [-0.4, -0.2) is 29.7 Å². The van der Waals surface area contributed by atoms with Crippen molar-refractivity contribution in [3.63, 3.8) is 0 Å². The van der Waals surface area contributed by atoms with E-state index in [9.17, 15) is 13.6 Å². The summed E-state index contributed by atoms with van der Waals surface area (Å²) in [5.41, 5.74) is -0.490. The number of hydrogen-bond acceptors (Lipinski definition) is 5. The number of rotatable bonds is 4. The van der Waals surface area contributed by atoms with Gasteiger partial charge in [-0.05, 0) is 19.1 Å². The lowest BCUT2D eigenvalue weighted by Gasteiger charge is -2.08. The van der Waals surface area contributed by atoms with Crippen LogP contribution in [0.1, 0.15) is 17.3 Å². The van der Waals surface area contributed by atoms with Crippen molar-refractivity contribution >= 4 is 5.97 Å². The highest BCUT2D eigenvalue weighted by atomic mass is 19.2. The van der Waals surface area contributed by atoms with Gasteiger partial charge in [0.25, 0.3) is 0 Å². The molecule has 0 radical (unpaired) electrons. The van der Waals surface area contributed by atoms with E-state index in [0.29, 0.717) is 6.61 Å². The largest absolute Gasteiger partial charge is 0.477 e. The third kappa shape index (κ3) is 2.96. The smallest absolute Gasteiger partial charge is 0.340 e. The number of nitrogens with zero attached hydrogens (tertiary/aromatic N) is 2. The van der Waals surface area contributed by atoms with Crippen LogP contribution in [0.4, 0.5) is 8.78 Å². The fourth-order valence-corrected chi connectivity index (χ4v) is 1.71. The summed E-state index contributed by atoms with van der Waals surface area (Å²) in [6.07, 6.45) is 2.64. The minimum atomic E-state index is -1.29. The van der Waals surface area contributed by atoms with Gasteiger partial charge in [0.2, 0.25) is 5.88 Å². The predicted molar refractivity (Wildman–Crippen MR) is 69.9 cm³/mol. The lowest BCUT2D eigenvalue weighted by atomic mass is 10.1. The van der Waals surface area contributed by atoms with Crippen molar-refractivity contribution in [1.82, 2.24) is 9.97 Å². The average Bonchev–Trinajstić information content (AvgIpc) is 2.50. The zero-order valence-electron chi connectivity index (χ0n) is 11.4. The highest BCUT2D eigenvalue weighted by molar-refractivity contribution is 5.90. The number of aromatic nitrogens is 2. The molecule has 0 N–H and O–H groups in total. The van der Waals surface area contributed by atoms with Crippen LogP contribution in [0, 0.1) is 11.6 Å². The Labute approximate surface area is 119 Å². The van der Waals surface area contributed by atoms with Crippen LogP contribution in [0.5, 0.6) is 5.88 Å². The standard InChI is InChI=1S/C14H12F2N2O3/c1-3-21-11-7-17-6-10(18-11)8-4-5-9(14(19)20-2)13(16)12(8)15/h4-7H,3H2,1-2H3. The van der Waals surface area contributed by atoms with E-state index in [1.807, 2.05) is 0 Å². The first-order valence-electron chi connectivity index (χ1n) is 6.10. The summed E-state index contributed by atoms with van der Waals surface area (Å²) in [5.74, 6) is -3.23. The van der Waals surface area contributed by atoms with Gasteiger partial charge in [-0.2, -0.15) is 0 Å². The van der Waals surface area contributed by atoms with E-state index in [0.717, 1.165) is 13.2 Å². The number of carbonyl (C=O) groups is 1. The molecule has 0 saturated heterocycles. The fourth-order valence-electron chi connectivity index (χ4n) is 1.71. The molecule has 5 nitrogen and oxygen atoms in total. The Bertz CT molecular complexity index is 677.